The predicted octanol–water partition coefficient (Wildman–Crippen LogP) is 2.66. The van der Waals surface area contributed by atoms with Gasteiger partial charge in [0, 0.05) is 12.5 Å². The molecule has 1 unspecified atom stereocenters. The van der Waals surface area contributed by atoms with Crippen LogP contribution in [-0.2, 0) is 14.8 Å². The Labute approximate surface area is 125 Å². The smallest absolute Gasteiger partial charge is 0.303 e. The number of carbonyl (C=O) groups is 1. The molecular formula is C11H12Cl2FNO4S. The van der Waals surface area contributed by atoms with Crippen molar-refractivity contribution in [2.75, 3.05) is 0 Å². The number of carboxylic acid groups (broad SMARTS) is 1. The monoisotopic (exact) mass is 343 g/mol. The molecule has 5 nitrogen and oxygen atoms in total. The first-order chi connectivity index (χ1) is 9.15. The van der Waals surface area contributed by atoms with Gasteiger partial charge in [0.25, 0.3) is 0 Å². The van der Waals surface area contributed by atoms with Gasteiger partial charge in [-0.2, -0.15) is 0 Å². The van der Waals surface area contributed by atoms with Crippen molar-refractivity contribution < 1.29 is 22.7 Å². The van der Waals surface area contributed by atoms with Gasteiger partial charge in [-0.25, -0.2) is 17.5 Å². The number of rotatable bonds is 6. The average Bonchev–Trinajstić information content (AvgIpc) is 2.32. The van der Waals surface area contributed by atoms with Crippen molar-refractivity contribution in [3.05, 3.63) is 28.0 Å². The standard InChI is InChI=1S/C11H12Cl2FNO4S/c1-6(2-5-9(16)17)15-20(18,19)8-4-3-7(12)11(14)10(8)13/h3-4,6,15H,2,5H2,1H3,(H,16,17). The molecule has 0 spiro atoms. The molecule has 1 aromatic carbocycles. The van der Waals surface area contributed by atoms with E-state index in [0.29, 0.717) is 0 Å². The summed E-state index contributed by atoms with van der Waals surface area (Å²) in [5.41, 5.74) is 0. The molecule has 9 heteroatoms. The molecule has 20 heavy (non-hydrogen) atoms. The lowest BCUT2D eigenvalue weighted by Crippen LogP contribution is -2.33. The molecule has 1 aromatic rings. The van der Waals surface area contributed by atoms with Crippen LogP contribution in [0.3, 0.4) is 0 Å². The summed E-state index contributed by atoms with van der Waals surface area (Å²) in [6.45, 7) is 1.50. The molecule has 0 fully saturated rings. The van der Waals surface area contributed by atoms with E-state index in [-0.39, 0.29) is 17.9 Å². The maximum absolute atomic E-state index is 13.5. The fourth-order valence-electron chi connectivity index (χ4n) is 1.44. The number of nitrogens with one attached hydrogen (secondary N) is 1. The molecular weight excluding hydrogens is 332 g/mol. The molecule has 0 saturated heterocycles. The van der Waals surface area contributed by atoms with Crippen LogP contribution in [0.4, 0.5) is 4.39 Å². The Balaban J connectivity index is 2.95. The second-order valence-corrected chi connectivity index (χ2v) is 6.60. The lowest BCUT2D eigenvalue weighted by atomic mass is 10.2. The van der Waals surface area contributed by atoms with Crippen LogP contribution in [0.5, 0.6) is 0 Å². The predicted molar refractivity (Wildman–Crippen MR) is 73.1 cm³/mol. The van der Waals surface area contributed by atoms with Gasteiger partial charge in [-0.1, -0.05) is 23.2 Å². The molecule has 0 amide bonds. The maximum Gasteiger partial charge on any atom is 0.303 e. The van der Waals surface area contributed by atoms with Crippen molar-refractivity contribution >= 4 is 39.2 Å². The highest BCUT2D eigenvalue weighted by molar-refractivity contribution is 7.89. The van der Waals surface area contributed by atoms with Crippen molar-refractivity contribution in [1.82, 2.24) is 4.72 Å². The van der Waals surface area contributed by atoms with Crippen LogP contribution in [0.25, 0.3) is 0 Å². The minimum Gasteiger partial charge on any atom is -0.481 e. The number of hydrogen-bond donors (Lipinski definition) is 2. The number of halogens is 3. The summed E-state index contributed by atoms with van der Waals surface area (Å²) in [6.07, 6.45) is -0.0886. The summed E-state index contributed by atoms with van der Waals surface area (Å²) >= 11 is 11.1. The van der Waals surface area contributed by atoms with Gasteiger partial charge in [-0.05, 0) is 25.5 Å². The van der Waals surface area contributed by atoms with Gasteiger partial charge < -0.3 is 5.11 Å². The van der Waals surface area contributed by atoms with Gasteiger partial charge in [0.1, 0.15) is 4.90 Å². The largest absolute Gasteiger partial charge is 0.481 e. The Kier molecular flexibility index (Phi) is 5.76. The molecule has 2 N–H and O–H groups in total. The Hall–Kier alpha value is -0.890. The first-order valence-corrected chi connectivity index (χ1v) is 7.76. The molecule has 0 aliphatic carbocycles. The summed E-state index contributed by atoms with van der Waals surface area (Å²) < 4.78 is 39.7. The van der Waals surface area contributed by atoms with Crippen LogP contribution in [0, 0.1) is 5.82 Å². The zero-order chi connectivity index (χ0) is 15.5. The minimum absolute atomic E-state index is 0.0995. The Bertz CT molecular complexity index is 621. The molecule has 0 heterocycles. The van der Waals surface area contributed by atoms with E-state index in [9.17, 15) is 17.6 Å². The van der Waals surface area contributed by atoms with Crippen LogP contribution in [0.15, 0.2) is 17.0 Å². The molecule has 0 radical (unpaired) electrons. The van der Waals surface area contributed by atoms with Crippen LogP contribution < -0.4 is 4.72 Å². The van der Waals surface area contributed by atoms with Crippen molar-refractivity contribution in [2.45, 2.75) is 30.7 Å². The van der Waals surface area contributed by atoms with E-state index < -0.39 is 37.8 Å². The molecule has 112 valence electrons. The maximum atomic E-state index is 13.5. The van der Waals surface area contributed by atoms with Gasteiger partial charge in [0.15, 0.2) is 5.82 Å². The number of carboxylic acids is 1. The van der Waals surface area contributed by atoms with E-state index in [1.54, 1.807) is 0 Å². The van der Waals surface area contributed by atoms with Crippen LogP contribution in [0.2, 0.25) is 10.0 Å². The van der Waals surface area contributed by atoms with Crippen molar-refractivity contribution in [3.8, 4) is 0 Å². The summed E-state index contributed by atoms with van der Waals surface area (Å²) in [4.78, 5) is 9.97. The molecule has 1 rings (SSSR count). The minimum atomic E-state index is -4.05. The van der Waals surface area contributed by atoms with Gasteiger partial charge in [0.05, 0.1) is 10.0 Å². The summed E-state index contributed by atoms with van der Waals surface area (Å²) in [7, 11) is -4.05. The van der Waals surface area contributed by atoms with E-state index in [2.05, 4.69) is 4.72 Å². The van der Waals surface area contributed by atoms with E-state index >= 15 is 0 Å². The first-order valence-electron chi connectivity index (χ1n) is 5.52. The Morgan fingerprint density at radius 1 is 1.45 bits per heavy atom. The van der Waals surface area contributed by atoms with E-state index in [1.807, 2.05) is 0 Å². The van der Waals surface area contributed by atoms with Gasteiger partial charge in [-0.15, -0.1) is 0 Å². The topological polar surface area (TPSA) is 83.5 Å². The van der Waals surface area contributed by atoms with Gasteiger partial charge in [-0.3, -0.25) is 4.79 Å². The number of hydrogen-bond acceptors (Lipinski definition) is 3. The van der Waals surface area contributed by atoms with Crippen molar-refractivity contribution in [2.24, 2.45) is 0 Å². The summed E-state index contributed by atoms with van der Waals surface area (Å²) in [5, 5.41) is 7.64. The third-order valence-corrected chi connectivity index (χ3v) is 4.84. The number of aliphatic carboxylic acids is 1. The lowest BCUT2D eigenvalue weighted by molar-refractivity contribution is -0.137. The van der Waals surface area contributed by atoms with Gasteiger partial charge in [0.2, 0.25) is 10.0 Å². The van der Waals surface area contributed by atoms with Crippen LogP contribution in [-0.4, -0.2) is 25.5 Å². The summed E-state index contributed by atoms with van der Waals surface area (Å²) in [5.74, 6) is -2.05. The van der Waals surface area contributed by atoms with E-state index in [4.69, 9.17) is 28.3 Å². The highest BCUT2D eigenvalue weighted by Crippen LogP contribution is 2.29. The van der Waals surface area contributed by atoms with Gasteiger partial charge >= 0.3 is 5.97 Å². The molecule has 0 bridgehead atoms. The zero-order valence-corrected chi connectivity index (χ0v) is 12.7. The second kappa shape index (κ2) is 6.71. The quantitative estimate of drug-likeness (QED) is 0.777. The van der Waals surface area contributed by atoms with E-state index in [0.717, 1.165) is 12.1 Å². The van der Waals surface area contributed by atoms with Crippen LogP contribution >= 0.6 is 23.2 Å². The lowest BCUT2D eigenvalue weighted by Gasteiger charge is -2.14. The second-order valence-electron chi connectivity index (χ2n) is 4.13. The highest BCUT2D eigenvalue weighted by atomic mass is 35.5. The number of sulfonamides is 1. The normalized spacial score (nSPS) is 13.2. The number of benzene rings is 1. The Morgan fingerprint density at radius 2 is 2.05 bits per heavy atom. The van der Waals surface area contributed by atoms with Crippen LogP contribution in [0.1, 0.15) is 19.8 Å². The average molecular weight is 344 g/mol. The molecule has 0 aliphatic heterocycles. The molecule has 0 aromatic heterocycles. The molecule has 1 atom stereocenters. The van der Waals surface area contributed by atoms with Crippen molar-refractivity contribution in [3.63, 3.8) is 0 Å². The van der Waals surface area contributed by atoms with E-state index in [1.165, 1.54) is 6.92 Å². The first kappa shape index (κ1) is 17.2. The highest BCUT2D eigenvalue weighted by Gasteiger charge is 2.23. The fourth-order valence-corrected chi connectivity index (χ4v) is 3.47. The fraction of sp³-hybridized carbons (Fsp3) is 0.364. The van der Waals surface area contributed by atoms with Crippen molar-refractivity contribution in [1.29, 1.82) is 0 Å². The summed E-state index contributed by atoms with van der Waals surface area (Å²) in [6, 6.07) is 1.53. The Morgan fingerprint density at radius 3 is 2.60 bits per heavy atom. The SMILES string of the molecule is CC(CCC(=O)O)NS(=O)(=O)c1ccc(Cl)c(F)c1Cl. The third kappa shape index (κ3) is 4.31. The molecule has 0 saturated carbocycles. The third-order valence-electron chi connectivity index (χ3n) is 2.44. The molecule has 0 aliphatic rings. The zero-order valence-electron chi connectivity index (χ0n) is 10.4.